The number of carbonyl (C=O) groups excluding carboxylic acids is 6. The first-order chi connectivity index (χ1) is 30.4. The molecule has 354 valence electrons. The summed E-state index contributed by atoms with van der Waals surface area (Å²) in [5.74, 6) is -6.35. The molecule has 65 heavy (non-hydrogen) atoms. The van der Waals surface area contributed by atoms with Crippen molar-refractivity contribution in [3.05, 3.63) is 82.9 Å². The lowest BCUT2D eigenvalue weighted by Gasteiger charge is -2.67. The molecule has 1 aliphatic heterocycles. The van der Waals surface area contributed by atoms with Crippen LogP contribution in [0.2, 0.25) is 0 Å². The Morgan fingerprint density at radius 2 is 1.58 bits per heavy atom. The normalized spacial score (nSPS) is 31.2. The fourth-order valence-electron chi connectivity index (χ4n) is 10.1. The minimum absolute atomic E-state index is 0.0824. The molecule has 11 atom stereocenters. The van der Waals surface area contributed by atoms with Crippen LogP contribution in [-0.4, -0.2) is 124 Å². The summed E-state index contributed by atoms with van der Waals surface area (Å²) in [6.45, 7) is 7.77. The number of phosphoric acid groups is 1. The number of nitrogens with one attached hydrogen (secondary N) is 1. The van der Waals surface area contributed by atoms with E-state index in [1.165, 1.54) is 46.8 Å². The van der Waals surface area contributed by atoms with Crippen molar-refractivity contribution >= 4 is 43.6 Å². The molecule has 0 unspecified atom stereocenters. The van der Waals surface area contributed by atoms with Gasteiger partial charge in [0.1, 0.15) is 23.9 Å². The second-order valence-corrected chi connectivity index (χ2v) is 18.5. The van der Waals surface area contributed by atoms with E-state index in [1.54, 1.807) is 48.5 Å². The molecule has 0 radical (unpaired) electrons. The van der Waals surface area contributed by atoms with Crippen molar-refractivity contribution in [1.29, 1.82) is 0 Å². The highest BCUT2D eigenvalue weighted by atomic mass is 31.2. The van der Waals surface area contributed by atoms with E-state index in [2.05, 4.69) is 9.84 Å². The van der Waals surface area contributed by atoms with Gasteiger partial charge >= 0.3 is 31.9 Å². The van der Waals surface area contributed by atoms with Crippen LogP contribution in [0.5, 0.6) is 0 Å². The van der Waals surface area contributed by atoms with E-state index in [-0.39, 0.29) is 36.3 Å². The summed E-state index contributed by atoms with van der Waals surface area (Å²) in [5.41, 5.74) is -7.70. The van der Waals surface area contributed by atoms with Gasteiger partial charge in [-0.1, -0.05) is 62.4 Å². The molecule has 2 bridgehead atoms. The molecule has 2 aromatic rings. The monoisotopic (exact) mass is 931 g/mol. The Labute approximate surface area is 374 Å². The van der Waals surface area contributed by atoms with Gasteiger partial charge in [0.25, 0.3) is 5.91 Å². The van der Waals surface area contributed by atoms with E-state index in [9.17, 15) is 48.5 Å². The van der Waals surface area contributed by atoms with Gasteiger partial charge in [-0.15, -0.1) is 0 Å². The van der Waals surface area contributed by atoms with Crippen LogP contribution in [0.15, 0.2) is 71.8 Å². The summed E-state index contributed by atoms with van der Waals surface area (Å²) in [5, 5.41) is 29.0. The van der Waals surface area contributed by atoms with Gasteiger partial charge in [0.2, 0.25) is 6.10 Å². The van der Waals surface area contributed by atoms with E-state index in [0.29, 0.717) is 5.56 Å². The molecule has 2 saturated carbocycles. The summed E-state index contributed by atoms with van der Waals surface area (Å²) in [7, 11) is -5.12. The molecule has 4 aliphatic rings. The highest BCUT2D eigenvalue weighted by molar-refractivity contribution is 7.46. The third kappa shape index (κ3) is 9.23. The topological polar surface area (TPSA) is 286 Å². The lowest BCUT2D eigenvalue weighted by Crippen LogP contribution is -2.81. The summed E-state index contributed by atoms with van der Waals surface area (Å²) >= 11 is 0. The Bertz CT molecular complexity index is 2250. The van der Waals surface area contributed by atoms with Crippen LogP contribution < -0.4 is 5.32 Å². The van der Waals surface area contributed by atoms with Gasteiger partial charge in [-0.25, -0.2) is 14.2 Å². The molecular weight excluding hydrogens is 877 g/mol. The molecule has 1 heterocycles. The van der Waals surface area contributed by atoms with Crippen molar-refractivity contribution in [3.63, 3.8) is 0 Å². The third-order valence-corrected chi connectivity index (χ3v) is 13.6. The molecule has 1 amide bonds. The fourth-order valence-corrected chi connectivity index (χ4v) is 10.3. The number of benzene rings is 2. The minimum Gasteiger partial charge on any atom is -0.455 e. The SMILES string of the molecule is CCOC(=O)O[C@@H](C(=O)O[C@H]1C[C@@]2(O)[C@@H](O)[C@@H]3[C@]4(OC(C)=O)CO[C@@H]4C[C@H](OCOP(=O)(O)O)[C@@]3(C)C(=O)[C@H](OC(C)=O)C(=C1C)C2(C)C)[C@@H](NC(=O)c1ccccc1)c1ccccc1. The molecule has 6 rings (SSSR count). The molecule has 20 nitrogen and oxygen atoms in total. The molecule has 3 aliphatic carbocycles. The van der Waals surface area contributed by atoms with Crippen molar-refractivity contribution in [3.8, 4) is 0 Å². The number of Topliss-reactive ketones (excluding diaryl/α,β-unsaturated/α-hetero) is 1. The smallest absolute Gasteiger partial charge is 0.455 e. The van der Waals surface area contributed by atoms with E-state index in [4.69, 9.17) is 33.2 Å². The summed E-state index contributed by atoms with van der Waals surface area (Å²) in [6.07, 6.45) is -12.3. The Morgan fingerprint density at radius 3 is 2.14 bits per heavy atom. The first-order valence-electron chi connectivity index (χ1n) is 20.8. The largest absolute Gasteiger partial charge is 0.509 e. The van der Waals surface area contributed by atoms with E-state index in [1.807, 2.05) is 0 Å². The van der Waals surface area contributed by atoms with Crippen LogP contribution in [0.1, 0.15) is 83.3 Å². The minimum atomic E-state index is -5.12. The molecule has 3 fully saturated rings. The Kier molecular flexibility index (Phi) is 14.2. The highest BCUT2D eigenvalue weighted by Crippen LogP contribution is 2.64. The number of hydrogen-bond donors (Lipinski definition) is 5. The summed E-state index contributed by atoms with van der Waals surface area (Å²) in [6, 6.07) is 14.6. The number of ketones is 1. The summed E-state index contributed by atoms with van der Waals surface area (Å²) < 4.78 is 56.5. The number of amides is 1. The maximum atomic E-state index is 15.6. The van der Waals surface area contributed by atoms with Gasteiger partial charge < -0.3 is 58.5 Å². The van der Waals surface area contributed by atoms with Gasteiger partial charge in [-0.3, -0.25) is 23.7 Å². The predicted octanol–water partition coefficient (Wildman–Crippen LogP) is 3.14. The van der Waals surface area contributed by atoms with Crippen molar-refractivity contribution in [2.24, 2.45) is 16.7 Å². The Hall–Kier alpha value is -5.05. The van der Waals surface area contributed by atoms with Gasteiger partial charge in [0.05, 0.1) is 30.8 Å². The zero-order chi connectivity index (χ0) is 47.9. The molecule has 21 heteroatoms. The predicted molar refractivity (Wildman–Crippen MR) is 221 cm³/mol. The second kappa shape index (κ2) is 18.7. The van der Waals surface area contributed by atoms with Crippen LogP contribution in [0.4, 0.5) is 4.79 Å². The lowest BCUT2D eigenvalue weighted by molar-refractivity contribution is -0.351. The molecule has 0 spiro atoms. The zero-order valence-corrected chi connectivity index (χ0v) is 37.7. The van der Waals surface area contributed by atoms with Crippen LogP contribution >= 0.6 is 7.82 Å². The fraction of sp³-hybridized carbons (Fsp3) is 0.545. The number of carbonyl (C=O) groups is 6. The number of ether oxygens (including phenoxy) is 7. The lowest BCUT2D eigenvalue weighted by atomic mass is 9.44. The van der Waals surface area contributed by atoms with Crippen molar-refractivity contribution in [2.45, 2.75) is 115 Å². The van der Waals surface area contributed by atoms with Crippen molar-refractivity contribution in [2.75, 3.05) is 20.0 Å². The van der Waals surface area contributed by atoms with Gasteiger partial charge in [-0.05, 0) is 49.6 Å². The van der Waals surface area contributed by atoms with Crippen molar-refractivity contribution in [1.82, 2.24) is 5.32 Å². The number of aliphatic hydroxyl groups excluding tert-OH is 1. The quantitative estimate of drug-likeness (QED) is 0.0598. The second-order valence-electron chi connectivity index (χ2n) is 17.3. The van der Waals surface area contributed by atoms with Crippen LogP contribution in [0.25, 0.3) is 0 Å². The number of fused-ring (bicyclic) bond motifs is 5. The Morgan fingerprint density at radius 1 is 0.954 bits per heavy atom. The van der Waals surface area contributed by atoms with Crippen molar-refractivity contribution < 1.29 is 91.0 Å². The maximum absolute atomic E-state index is 15.6. The first-order valence-corrected chi connectivity index (χ1v) is 22.4. The van der Waals surface area contributed by atoms with E-state index >= 15 is 4.79 Å². The third-order valence-electron chi connectivity index (χ3n) is 13.2. The standard InChI is InChI=1S/C44H54NO19P/c1-8-57-40(52)63-34(32(26-15-11-9-12-16-26)45-38(50)27-17-13-10-14-18-27)39(51)62-28-20-44(53)37(49)35-42(7,36(48)33(61-24(3)46)31(23(28)2)41(44,5)6)29(59-22-60-65(54,55)56)19-30-43(35,21-58-30)64-25(4)47/h9-18,28-30,32-35,37,49,53H,8,19-22H2,1-7H3,(H,45,50)(H2,54,55,56)/t28-,29-,30+,32-,33+,34+,35-,37-,42+,43-,44+/m0/s1. The Balaban J connectivity index is 1.51. The van der Waals surface area contributed by atoms with E-state index < -0.39 is 127 Å². The molecule has 2 aromatic carbocycles. The number of hydrogen-bond acceptors (Lipinski definition) is 17. The summed E-state index contributed by atoms with van der Waals surface area (Å²) in [4.78, 5) is 102. The van der Waals surface area contributed by atoms with Crippen LogP contribution in [0.3, 0.4) is 0 Å². The van der Waals surface area contributed by atoms with Gasteiger partial charge in [0, 0.05) is 43.6 Å². The molecule has 5 N–H and O–H groups in total. The van der Waals surface area contributed by atoms with Crippen LogP contribution in [-0.2, 0) is 61.4 Å². The van der Waals surface area contributed by atoms with E-state index in [0.717, 1.165) is 13.8 Å². The van der Waals surface area contributed by atoms with Crippen LogP contribution in [0, 0.1) is 16.7 Å². The molecule has 0 aromatic heterocycles. The molecular formula is C44H54NO19P. The highest BCUT2D eigenvalue weighted by Gasteiger charge is 2.77. The number of aliphatic hydroxyl groups is 2. The number of esters is 3. The number of rotatable bonds is 14. The average molecular weight is 932 g/mol. The first kappa shape index (κ1) is 49.4. The average Bonchev–Trinajstić information content (AvgIpc) is 3.22. The van der Waals surface area contributed by atoms with Gasteiger partial charge in [0.15, 0.2) is 24.3 Å². The zero-order valence-electron chi connectivity index (χ0n) is 36.8. The number of phosphoric ester groups is 1. The maximum Gasteiger partial charge on any atom is 0.509 e. The molecule has 1 saturated heterocycles. The van der Waals surface area contributed by atoms with Gasteiger partial charge in [-0.2, -0.15) is 0 Å².